The van der Waals surface area contributed by atoms with Crippen molar-refractivity contribution in [1.82, 2.24) is 24.3 Å². The molecule has 0 spiro atoms. The molecule has 1 aliphatic rings. The van der Waals surface area contributed by atoms with Crippen LogP contribution in [0.4, 0.5) is 19.3 Å². The molecule has 2 aromatic heterocycles. The van der Waals surface area contributed by atoms with Gasteiger partial charge in [-0.15, -0.1) is 11.3 Å². The number of nitrogens with zero attached hydrogens (tertiary/aromatic N) is 4. The summed E-state index contributed by atoms with van der Waals surface area (Å²) in [6.07, 6.45) is 2.16. The fourth-order valence-corrected chi connectivity index (χ4v) is 7.60. The highest BCUT2D eigenvalue weighted by Crippen LogP contribution is 2.38. The highest BCUT2D eigenvalue weighted by atomic mass is 32.1. The molecule has 3 aromatic carbocycles. The maximum Gasteiger partial charge on any atom is 0.337 e. The van der Waals surface area contributed by atoms with E-state index in [2.05, 4.69) is 15.5 Å². The number of thiophene rings is 1. The summed E-state index contributed by atoms with van der Waals surface area (Å²) in [6.45, 7) is 4.19. The van der Waals surface area contributed by atoms with E-state index in [1.165, 1.54) is 22.0 Å². The van der Waals surface area contributed by atoms with Gasteiger partial charge < -0.3 is 20.4 Å². The molecule has 3 heterocycles. The summed E-state index contributed by atoms with van der Waals surface area (Å²) in [7, 11) is 1.93. The van der Waals surface area contributed by atoms with Crippen LogP contribution in [0.25, 0.3) is 26.3 Å². The first-order valence-corrected chi connectivity index (χ1v) is 17.4. The SMILES string of the molecule is CCNC(=O)Nc1ccc(-c2sc3c(c2CN(C)CCCN2CCCC2=O)c(=O)n(-c2ccccc2)c(=O)n3Cc2c(F)cccc2F)cc1. The van der Waals surface area contributed by atoms with Gasteiger partial charge in [0.05, 0.1) is 17.6 Å². The summed E-state index contributed by atoms with van der Waals surface area (Å²) in [5.74, 6) is -1.44. The number of anilines is 1. The van der Waals surface area contributed by atoms with Crippen molar-refractivity contribution in [2.45, 2.75) is 39.3 Å². The van der Waals surface area contributed by atoms with Crippen LogP contribution in [0, 0.1) is 11.6 Å². The molecule has 0 atom stereocenters. The average Bonchev–Trinajstić information content (AvgIpc) is 3.68. The van der Waals surface area contributed by atoms with Crippen molar-refractivity contribution in [2.24, 2.45) is 0 Å². The minimum atomic E-state index is -0.800. The molecule has 50 heavy (non-hydrogen) atoms. The minimum Gasteiger partial charge on any atom is -0.343 e. The number of likely N-dealkylation sites (tertiary alicyclic amines) is 1. The third-order valence-electron chi connectivity index (χ3n) is 8.77. The lowest BCUT2D eigenvalue weighted by atomic mass is 10.1. The van der Waals surface area contributed by atoms with Crippen LogP contribution in [0.5, 0.6) is 0 Å². The average molecular weight is 701 g/mol. The van der Waals surface area contributed by atoms with Gasteiger partial charge in [-0.2, -0.15) is 0 Å². The predicted octanol–water partition coefficient (Wildman–Crippen LogP) is 5.79. The zero-order chi connectivity index (χ0) is 35.4. The summed E-state index contributed by atoms with van der Waals surface area (Å²) in [5.41, 5.74) is 0.738. The van der Waals surface area contributed by atoms with Gasteiger partial charge in [0.2, 0.25) is 5.91 Å². The smallest absolute Gasteiger partial charge is 0.337 e. The number of fused-ring (bicyclic) bond motifs is 1. The molecule has 13 heteroatoms. The van der Waals surface area contributed by atoms with E-state index in [-0.39, 0.29) is 22.9 Å². The van der Waals surface area contributed by atoms with Gasteiger partial charge in [-0.1, -0.05) is 36.4 Å². The molecule has 0 aliphatic carbocycles. The number of carbonyl (C=O) groups excluding carboxylic acids is 2. The minimum absolute atomic E-state index is 0.162. The van der Waals surface area contributed by atoms with Crippen LogP contribution in [0.15, 0.2) is 82.4 Å². The number of hydrogen-bond donors (Lipinski definition) is 2. The fourth-order valence-electron chi connectivity index (χ4n) is 6.30. The Labute approximate surface area is 291 Å². The lowest BCUT2D eigenvalue weighted by Crippen LogP contribution is -2.39. The van der Waals surface area contributed by atoms with Gasteiger partial charge >= 0.3 is 11.7 Å². The second-order valence-corrected chi connectivity index (χ2v) is 13.3. The number of hydrogen-bond acceptors (Lipinski definition) is 6. The van der Waals surface area contributed by atoms with Crippen molar-refractivity contribution in [2.75, 3.05) is 38.5 Å². The van der Waals surface area contributed by atoms with E-state index in [1.807, 2.05) is 31.0 Å². The van der Waals surface area contributed by atoms with Crippen LogP contribution in [0.3, 0.4) is 0 Å². The Morgan fingerprint density at radius 1 is 0.940 bits per heavy atom. The highest BCUT2D eigenvalue weighted by Gasteiger charge is 2.26. The zero-order valence-electron chi connectivity index (χ0n) is 27.9. The topological polar surface area (TPSA) is 109 Å². The molecule has 1 fully saturated rings. The van der Waals surface area contributed by atoms with Crippen molar-refractivity contribution < 1.29 is 18.4 Å². The van der Waals surface area contributed by atoms with Gasteiger partial charge in [-0.25, -0.2) is 22.9 Å². The van der Waals surface area contributed by atoms with E-state index in [9.17, 15) is 19.2 Å². The van der Waals surface area contributed by atoms with Crippen LogP contribution in [0.1, 0.15) is 37.3 Å². The molecule has 3 amide bonds. The van der Waals surface area contributed by atoms with Crippen LogP contribution in [0.2, 0.25) is 0 Å². The molecule has 5 aromatic rings. The molecule has 6 rings (SSSR count). The van der Waals surface area contributed by atoms with Gasteiger partial charge in [-0.3, -0.25) is 14.2 Å². The van der Waals surface area contributed by atoms with E-state index >= 15 is 8.78 Å². The van der Waals surface area contributed by atoms with Crippen molar-refractivity contribution in [1.29, 1.82) is 0 Å². The molecule has 10 nitrogen and oxygen atoms in total. The Morgan fingerprint density at radius 3 is 2.32 bits per heavy atom. The second-order valence-electron chi connectivity index (χ2n) is 12.3. The van der Waals surface area contributed by atoms with Crippen molar-refractivity contribution in [3.05, 3.63) is 116 Å². The number of benzene rings is 3. The number of aromatic nitrogens is 2. The molecular formula is C37H38F2N6O4S. The Morgan fingerprint density at radius 2 is 1.66 bits per heavy atom. The predicted molar refractivity (Wildman–Crippen MR) is 192 cm³/mol. The largest absolute Gasteiger partial charge is 0.343 e. The number of nitrogens with one attached hydrogen (secondary N) is 2. The Hall–Kier alpha value is -5.14. The van der Waals surface area contributed by atoms with Crippen molar-refractivity contribution in [3.8, 4) is 16.1 Å². The zero-order valence-corrected chi connectivity index (χ0v) is 28.7. The summed E-state index contributed by atoms with van der Waals surface area (Å²) in [5, 5.41) is 5.75. The lowest BCUT2D eigenvalue weighted by molar-refractivity contribution is -0.127. The van der Waals surface area contributed by atoms with E-state index in [0.717, 1.165) is 41.6 Å². The summed E-state index contributed by atoms with van der Waals surface area (Å²) in [6, 6.07) is 18.8. The molecule has 0 unspecified atom stereocenters. The standard InChI is InChI=1S/C37H38F2N6O4S/c1-3-40-36(48)41-25-17-15-24(16-18-25)33-28(22-42(2)19-9-21-43-20-8-14-31(43)46)32-34(47)45(26-10-5-4-6-11-26)37(49)44(35(32)50-33)23-27-29(38)12-7-13-30(27)39/h4-7,10-13,15-18H,3,8-9,14,19-23H2,1-2H3,(H2,40,41,48). The normalized spacial score (nSPS) is 13.1. The number of urea groups is 1. The first-order valence-electron chi connectivity index (χ1n) is 16.6. The Balaban J connectivity index is 1.50. The molecule has 0 bridgehead atoms. The third-order valence-corrected chi connectivity index (χ3v) is 10.1. The van der Waals surface area contributed by atoms with E-state index in [1.54, 1.807) is 42.5 Å². The van der Waals surface area contributed by atoms with Crippen molar-refractivity contribution >= 4 is 39.2 Å². The number of amides is 3. The van der Waals surface area contributed by atoms with Gasteiger partial charge in [0, 0.05) is 48.7 Å². The maximum absolute atomic E-state index is 15.0. The Kier molecular flexibility index (Phi) is 10.5. The van der Waals surface area contributed by atoms with Crippen LogP contribution in [-0.4, -0.2) is 64.1 Å². The lowest BCUT2D eigenvalue weighted by Gasteiger charge is -2.20. The van der Waals surface area contributed by atoms with Crippen LogP contribution >= 0.6 is 11.3 Å². The molecule has 2 N–H and O–H groups in total. The number of para-hydroxylation sites is 1. The second kappa shape index (κ2) is 15.2. The van der Waals surface area contributed by atoms with Gasteiger partial charge in [-0.05, 0) is 80.9 Å². The molecule has 0 radical (unpaired) electrons. The van der Waals surface area contributed by atoms with Crippen LogP contribution in [-0.2, 0) is 17.9 Å². The summed E-state index contributed by atoms with van der Waals surface area (Å²) in [4.78, 5) is 57.9. The molecule has 0 saturated carbocycles. The molecular weight excluding hydrogens is 663 g/mol. The van der Waals surface area contributed by atoms with Gasteiger partial charge in [0.25, 0.3) is 5.56 Å². The third kappa shape index (κ3) is 7.24. The summed E-state index contributed by atoms with van der Waals surface area (Å²) < 4.78 is 32.4. The van der Waals surface area contributed by atoms with E-state index in [0.29, 0.717) is 59.2 Å². The van der Waals surface area contributed by atoms with E-state index < -0.39 is 29.4 Å². The summed E-state index contributed by atoms with van der Waals surface area (Å²) >= 11 is 1.21. The first-order chi connectivity index (χ1) is 24.2. The fraction of sp³-hybridized carbons (Fsp3) is 0.297. The molecule has 260 valence electrons. The van der Waals surface area contributed by atoms with Crippen LogP contribution < -0.4 is 21.9 Å². The number of rotatable bonds is 12. The molecule has 1 aliphatic heterocycles. The monoisotopic (exact) mass is 700 g/mol. The highest BCUT2D eigenvalue weighted by molar-refractivity contribution is 7.22. The first kappa shape index (κ1) is 34.7. The molecule has 1 saturated heterocycles. The number of carbonyl (C=O) groups is 2. The maximum atomic E-state index is 15.0. The van der Waals surface area contributed by atoms with Gasteiger partial charge in [0.1, 0.15) is 16.5 Å². The quantitative estimate of drug-likeness (QED) is 0.171. The Bertz CT molecular complexity index is 2130. The number of halogens is 2. The van der Waals surface area contributed by atoms with E-state index in [4.69, 9.17) is 0 Å². The van der Waals surface area contributed by atoms with Crippen molar-refractivity contribution in [3.63, 3.8) is 0 Å². The van der Waals surface area contributed by atoms with Gasteiger partial charge in [0.15, 0.2) is 0 Å².